The Bertz CT molecular complexity index is 1450. The summed E-state index contributed by atoms with van der Waals surface area (Å²) < 4.78 is 27.2. The van der Waals surface area contributed by atoms with Crippen LogP contribution in [0.1, 0.15) is 56.9 Å². The highest BCUT2D eigenvalue weighted by molar-refractivity contribution is 7.92. The number of nitrogens with zero attached hydrogens (tertiary/aromatic N) is 2. The monoisotopic (exact) mass is 591 g/mol. The van der Waals surface area contributed by atoms with Gasteiger partial charge in [-0.3, -0.25) is 13.9 Å². The van der Waals surface area contributed by atoms with Gasteiger partial charge < -0.3 is 10.2 Å². The van der Waals surface area contributed by atoms with Crippen molar-refractivity contribution in [2.45, 2.75) is 66.0 Å². The molecule has 1 N–H and O–H groups in total. The SMILES string of the molecule is Cc1ccccc1CN(C(=O)CN(c1ccc(C(C)(C)C)cc1)S(C)(=O)=O)C(Cc1ccccc1)C(=O)NCC(C)C. The van der Waals surface area contributed by atoms with Gasteiger partial charge in [0.1, 0.15) is 12.6 Å². The zero-order valence-corrected chi connectivity index (χ0v) is 26.7. The summed E-state index contributed by atoms with van der Waals surface area (Å²) >= 11 is 0. The van der Waals surface area contributed by atoms with Crippen molar-refractivity contribution in [2.24, 2.45) is 5.92 Å². The Morgan fingerprint density at radius 1 is 0.881 bits per heavy atom. The first-order valence-electron chi connectivity index (χ1n) is 14.4. The van der Waals surface area contributed by atoms with E-state index in [-0.39, 0.29) is 23.8 Å². The molecule has 0 bridgehead atoms. The molecule has 42 heavy (non-hydrogen) atoms. The first-order chi connectivity index (χ1) is 19.7. The van der Waals surface area contributed by atoms with Crippen molar-refractivity contribution in [1.29, 1.82) is 0 Å². The molecular formula is C34H45N3O4S. The van der Waals surface area contributed by atoms with E-state index in [1.54, 1.807) is 12.1 Å². The number of rotatable bonds is 12. The van der Waals surface area contributed by atoms with Crippen LogP contribution < -0.4 is 9.62 Å². The van der Waals surface area contributed by atoms with Crippen LogP contribution in [0.5, 0.6) is 0 Å². The number of hydrogen-bond acceptors (Lipinski definition) is 4. The topological polar surface area (TPSA) is 86.8 Å². The van der Waals surface area contributed by atoms with Gasteiger partial charge in [-0.15, -0.1) is 0 Å². The lowest BCUT2D eigenvalue weighted by molar-refractivity contribution is -0.140. The number of carbonyl (C=O) groups excluding carboxylic acids is 2. The minimum Gasteiger partial charge on any atom is -0.354 e. The Balaban J connectivity index is 2.05. The van der Waals surface area contributed by atoms with Gasteiger partial charge in [-0.25, -0.2) is 8.42 Å². The number of carbonyl (C=O) groups is 2. The second-order valence-electron chi connectivity index (χ2n) is 12.4. The molecule has 0 saturated heterocycles. The summed E-state index contributed by atoms with van der Waals surface area (Å²) in [5.74, 6) is -0.497. The minimum absolute atomic E-state index is 0.109. The third-order valence-electron chi connectivity index (χ3n) is 7.26. The third-order valence-corrected chi connectivity index (χ3v) is 8.40. The Kier molecular flexibility index (Phi) is 11.0. The summed E-state index contributed by atoms with van der Waals surface area (Å²) in [5, 5.41) is 3.01. The maximum Gasteiger partial charge on any atom is 0.244 e. The number of benzene rings is 3. The lowest BCUT2D eigenvalue weighted by Crippen LogP contribution is -2.53. The molecule has 3 aromatic rings. The standard InChI is InChI=1S/C34H45N3O4S/c1-25(2)22-35-33(39)31(21-27-14-9-8-10-15-27)36(23-28-16-12-11-13-26(28)3)32(38)24-37(42(7,40)41)30-19-17-29(18-20-30)34(4,5)6/h8-20,25,31H,21-24H2,1-7H3,(H,35,39). The fraction of sp³-hybridized carbons (Fsp3) is 0.412. The molecule has 0 aliphatic rings. The van der Waals surface area contributed by atoms with Gasteiger partial charge in [-0.2, -0.15) is 0 Å². The van der Waals surface area contributed by atoms with Gasteiger partial charge in [0, 0.05) is 19.5 Å². The predicted octanol–water partition coefficient (Wildman–Crippen LogP) is 5.47. The zero-order chi connectivity index (χ0) is 31.1. The Morgan fingerprint density at radius 2 is 1.48 bits per heavy atom. The predicted molar refractivity (Wildman–Crippen MR) is 171 cm³/mol. The van der Waals surface area contributed by atoms with Crippen LogP contribution in [0.25, 0.3) is 0 Å². The molecule has 0 fully saturated rings. The Hall–Kier alpha value is -3.65. The molecule has 8 heteroatoms. The summed E-state index contributed by atoms with van der Waals surface area (Å²) in [6.45, 7) is 12.4. The molecule has 7 nitrogen and oxygen atoms in total. The molecule has 0 saturated carbocycles. The van der Waals surface area contributed by atoms with Gasteiger partial charge >= 0.3 is 0 Å². The van der Waals surface area contributed by atoms with Gasteiger partial charge in [0.2, 0.25) is 21.8 Å². The number of sulfonamides is 1. The molecule has 226 valence electrons. The maximum absolute atomic E-state index is 14.2. The van der Waals surface area contributed by atoms with Crippen LogP contribution in [0.3, 0.4) is 0 Å². The van der Waals surface area contributed by atoms with Crippen LogP contribution in [0.4, 0.5) is 5.69 Å². The first kappa shape index (κ1) is 32.9. The van der Waals surface area contributed by atoms with E-state index in [4.69, 9.17) is 0 Å². The summed E-state index contributed by atoms with van der Waals surface area (Å²) in [6, 6.07) is 23.7. The van der Waals surface area contributed by atoms with Crippen LogP contribution >= 0.6 is 0 Å². The van der Waals surface area contributed by atoms with Gasteiger partial charge in [-0.05, 0) is 52.6 Å². The van der Waals surface area contributed by atoms with Crippen molar-refractivity contribution in [3.8, 4) is 0 Å². The molecule has 0 radical (unpaired) electrons. The number of hydrogen-bond donors (Lipinski definition) is 1. The van der Waals surface area contributed by atoms with E-state index in [9.17, 15) is 18.0 Å². The molecule has 0 aromatic heterocycles. The average molecular weight is 592 g/mol. The van der Waals surface area contributed by atoms with Crippen LogP contribution in [0.15, 0.2) is 78.9 Å². The summed E-state index contributed by atoms with van der Waals surface area (Å²) in [7, 11) is -3.82. The van der Waals surface area contributed by atoms with E-state index in [1.807, 2.05) is 87.5 Å². The second-order valence-corrected chi connectivity index (χ2v) is 14.3. The molecule has 0 heterocycles. The van der Waals surface area contributed by atoms with Crippen molar-refractivity contribution in [2.75, 3.05) is 23.7 Å². The highest BCUT2D eigenvalue weighted by Crippen LogP contribution is 2.26. The molecule has 2 amide bonds. The van der Waals surface area contributed by atoms with E-state index in [0.29, 0.717) is 18.7 Å². The van der Waals surface area contributed by atoms with Crippen molar-refractivity contribution in [1.82, 2.24) is 10.2 Å². The minimum atomic E-state index is -3.82. The normalized spacial score (nSPS) is 12.6. The summed E-state index contributed by atoms with van der Waals surface area (Å²) in [4.78, 5) is 29.5. The number of nitrogens with one attached hydrogen (secondary N) is 1. The maximum atomic E-state index is 14.2. The van der Waals surface area contributed by atoms with Crippen molar-refractivity contribution >= 4 is 27.5 Å². The molecule has 3 aromatic carbocycles. The van der Waals surface area contributed by atoms with Crippen LogP contribution in [-0.4, -0.2) is 50.5 Å². The van der Waals surface area contributed by atoms with Crippen molar-refractivity contribution < 1.29 is 18.0 Å². The molecule has 0 aliphatic heterocycles. The summed E-state index contributed by atoms with van der Waals surface area (Å²) in [5.41, 5.74) is 4.12. The average Bonchev–Trinajstić information content (AvgIpc) is 2.92. The quantitative estimate of drug-likeness (QED) is 0.303. The first-order valence-corrected chi connectivity index (χ1v) is 16.3. The Morgan fingerprint density at radius 3 is 2.02 bits per heavy atom. The molecule has 3 rings (SSSR count). The number of anilines is 1. The van der Waals surface area contributed by atoms with Gasteiger partial charge in [-0.1, -0.05) is 101 Å². The van der Waals surface area contributed by atoms with E-state index in [2.05, 4.69) is 26.1 Å². The highest BCUT2D eigenvalue weighted by Gasteiger charge is 2.33. The zero-order valence-electron chi connectivity index (χ0n) is 25.9. The van der Waals surface area contributed by atoms with Gasteiger partial charge in [0.25, 0.3) is 0 Å². The van der Waals surface area contributed by atoms with Crippen LogP contribution in [0, 0.1) is 12.8 Å². The summed E-state index contributed by atoms with van der Waals surface area (Å²) in [6.07, 6.45) is 1.39. The van der Waals surface area contributed by atoms with E-state index in [0.717, 1.165) is 32.8 Å². The molecular weight excluding hydrogens is 546 g/mol. The number of amides is 2. The molecule has 0 spiro atoms. The van der Waals surface area contributed by atoms with Gasteiger partial charge in [0.05, 0.1) is 11.9 Å². The lowest BCUT2D eigenvalue weighted by atomic mass is 9.87. The van der Waals surface area contributed by atoms with Crippen LogP contribution in [0.2, 0.25) is 0 Å². The van der Waals surface area contributed by atoms with E-state index >= 15 is 0 Å². The van der Waals surface area contributed by atoms with Crippen LogP contribution in [-0.2, 0) is 38.0 Å². The Labute approximate surface area is 252 Å². The molecule has 1 unspecified atom stereocenters. The fourth-order valence-corrected chi connectivity index (χ4v) is 5.54. The lowest BCUT2D eigenvalue weighted by Gasteiger charge is -2.34. The fourth-order valence-electron chi connectivity index (χ4n) is 4.69. The highest BCUT2D eigenvalue weighted by atomic mass is 32.2. The van der Waals surface area contributed by atoms with Gasteiger partial charge in [0.15, 0.2) is 0 Å². The third kappa shape index (κ3) is 9.18. The molecule has 1 atom stereocenters. The molecule has 0 aliphatic carbocycles. The second kappa shape index (κ2) is 14.0. The van der Waals surface area contributed by atoms with Crippen molar-refractivity contribution in [3.05, 3.63) is 101 Å². The van der Waals surface area contributed by atoms with E-state index in [1.165, 1.54) is 4.90 Å². The largest absolute Gasteiger partial charge is 0.354 e. The number of aryl methyl sites for hydroxylation is 1. The van der Waals surface area contributed by atoms with Crippen molar-refractivity contribution in [3.63, 3.8) is 0 Å². The smallest absolute Gasteiger partial charge is 0.244 e. The van der Waals surface area contributed by atoms with E-state index < -0.39 is 28.5 Å².